The van der Waals surface area contributed by atoms with Gasteiger partial charge in [-0.15, -0.1) is 0 Å². The van der Waals surface area contributed by atoms with Crippen molar-refractivity contribution < 1.29 is 19.1 Å². The molecule has 0 aromatic heterocycles. The summed E-state index contributed by atoms with van der Waals surface area (Å²) in [6, 6.07) is 14.4. The number of carbonyl (C=O) groups excluding carboxylic acids is 3. The molecule has 37 heavy (non-hydrogen) atoms. The molecule has 5 rings (SSSR count). The molecule has 0 N–H and O–H groups in total. The molecule has 0 bridgehead atoms. The lowest BCUT2D eigenvalue weighted by Crippen LogP contribution is -2.61. The highest BCUT2D eigenvalue weighted by atomic mass is 16.5. The Morgan fingerprint density at radius 2 is 1.46 bits per heavy atom. The predicted molar refractivity (Wildman–Crippen MR) is 140 cm³/mol. The van der Waals surface area contributed by atoms with Crippen LogP contribution >= 0.6 is 0 Å². The number of hydrogen-bond acceptors (Lipinski definition) is 5. The van der Waals surface area contributed by atoms with Crippen LogP contribution in [-0.2, 0) is 9.53 Å². The van der Waals surface area contributed by atoms with Crippen molar-refractivity contribution in [3.63, 3.8) is 0 Å². The molecule has 3 heterocycles. The number of carbonyl (C=O) groups is 3. The van der Waals surface area contributed by atoms with Gasteiger partial charge in [0, 0.05) is 63.2 Å². The summed E-state index contributed by atoms with van der Waals surface area (Å²) in [5, 5.41) is 0. The van der Waals surface area contributed by atoms with Crippen LogP contribution in [-0.4, -0.2) is 102 Å². The quantitative estimate of drug-likeness (QED) is 0.643. The molecule has 3 aliphatic rings. The summed E-state index contributed by atoms with van der Waals surface area (Å²) in [5.74, 6) is -0.259. The Hall–Kier alpha value is -3.23. The molecule has 8 heteroatoms. The highest BCUT2D eigenvalue weighted by Gasteiger charge is 2.55. The molecule has 3 saturated heterocycles. The molecular weight excluding hydrogens is 468 g/mol. The smallest absolute Gasteiger partial charge is 0.256 e. The number of hydrogen-bond donors (Lipinski definition) is 0. The van der Waals surface area contributed by atoms with E-state index in [-0.39, 0.29) is 24.3 Å². The Bertz CT molecular complexity index is 1160. The summed E-state index contributed by atoms with van der Waals surface area (Å²) < 4.78 is 6.37. The summed E-state index contributed by atoms with van der Waals surface area (Å²) in [6.07, 6.45) is 0.934. The first-order valence-corrected chi connectivity index (χ1v) is 13.1. The van der Waals surface area contributed by atoms with Gasteiger partial charge in [0.1, 0.15) is 11.8 Å². The highest BCUT2D eigenvalue weighted by Crippen LogP contribution is 2.39. The molecule has 196 valence electrons. The van der Waals surface area contributed by atoms with Crippen LogP contribution in [0.3, 0.4) is 0 Å². The average molecular weight is 505 g/mol. The summed E-state index contributed by atoms with van der Waals surface area (Å²) in [7, 11) is 2.05. The van der Waals surface area contributed by atoms with Gasteiger partial charge in [0.15, 0.2) is 0 Å². The highest BCUT2D eigenvalue weighted by molar-refractivity contribution is 5.99. The van der Waals surface area contributed by atoms with Crippen molar-refractivity contribution in [3.05, 3.63) is 70.8 Å². The minimum Gasteiger partial charge on any atom is -0.353 e. The van der Waals surface area contributed by atoms with Gasteiger partial charge >= 0.3 is 0 Å². The third kappa shape index (κ3) is 5.00. The number of amides is 3. The van der Waals surface area contributed by atoms with Crippen molar-refractivity contribution in [2.75, 3.05) is 52.9 Å². The predicted octanol–water partition coefficient (Wildman–Crippen LogP) is 2.55. The summed E-state index contributed by atoms with van der Waals surface area (Å²) in [6.45, 7) is 7.95. The van der Waals surface area contributed by atoms with Crippen LogP contribution in [0.25, 0.3) is 0 Å². The fourth-order valence-corrected chi connectivity index (χ4v) is 5.65. The third-order valence-electron chi connectivity index (χ3n) is 7.97. The molecule has 8 nitrogen and oxygen atoms in total. The van der Waals surface area contributed by atoms with Crippen LogP contribution in [0.4, 0.5) is 0 Å². The first-order chi connectivity index (χ1) is 17.8. The maximum Gasteiger partial charge on any atom is 0.256 e. The maximum atomic E-state index is 14.0. The zero-order valence-electron chi connectivity index (χ0n) is 22.0. The molecule has 3 fully saturated rings. The minimum atomic E-state index is -0.905. The van der Waals surface area contributed by atoms with E-state index in [2.05, 4.69) is 11.9 Å². The Morgan fingerprint density at radius 1 is 0.784 bits per heavy atom. The Balaban J connectivity index is 1.39. The zero-order chi connectivity index (χ0) is 26.2. The van der Waals surface area contributed by atoms with Crippen LogP contribution in [0.15, 0.2) is 48.5 Å². The molecule has 1 atom stereocenters. The van der Waals surface area contributed by atoms with Crippen molar-refractivity contribution in [1.29, 1.82) is 0 Å². The Labute approximate surface area is 218 Å². The van der Waals surface area contributed by atoms with E-state index in [0.717, 1.165) is 24.2 Å². The monoisotopic (exact) mass is 504 g/mol. The molecule has 1 spiro atoms. The molecule has 3 amide bonds. The lowest BCUT2D eigenvalue weighted by molar-refractivity contribution is -0.139. The second-order valence-corrected chi connectivity index (χ2v) is 10.6. The van der Waals surface area contributed by atoms with Crippen LogP contribution in [0.5, 0.6) is 0 Å². The van der Waals surface area contributed by atoms with Gasteiger partial charge < -0.3 is 19.4 Å². The maximum absolute atomic E-state index is 14.0. The molecule has 1 unspecified atom stereocenters. The van der Waals surface area contributed by atoms with E-state index >= 15 is 0 Å². The van der Waals surface area contributed by atoms with E-state index in [9.17, 15) is 14.4 Å². The van der Waals surface area contributed by atoms with Gasteiger partial charge in [0.05, 0.1) is 6.61 Å². The summed E-state index contributed by atoms with van der Waals surface area (Å²) in [4.78, 5) is 48.4. The summed E-state index contributed by atoms with van der Waals surface area (Å²) in [5.41, 5.74) is 2.40. The lowest BCUT2D eigenvalue weighted by atomic mass is 9.95. The van der Waals surface area contributed by atoms with Crippen LogP contribution < -0.4 is 0 Å². The first-order valence-electron chi connectivity index (χ1n) is 13.1. The zero-order valence-corrected chi connectivity index (χ0v) is 22.0. The Morgan fingerprint density at radius 3 is 2.11 bits per heavy atom. The fraction of sp³-hybridized carbons (Fsp3) is 0.483. The largest absolute Gasteiger partial charge is 0.353 e. The number of likely N-dealkylation sites (tertiary alicyclic amines) is 1. The molecule has 3 aliphatic heterocycles. The van der Waals surface area contributed by atoms with E-state index < -0.39 is 11.8 Å². The van der Waals surface area contributed by atoms with E-state index in [0.29, 0.717) is 50.1 Å². The topological polar surface area (TPSA) is 73.4 Å². The fourth-order valence-electron chi connectivity index (χ4n) is 5.65. The third-order valence-corrected chi connectivity index (χ3v) is 7.97. The number of benzene rings is 2. The van der Waals surface area contributed by atoms with Gasteiger partial charge in [-0.25, -0.2) is 0 Å². The molecular formula is C29H36N4O4. The van der Waals surface area contributed by atoms with Crippen LogP contribution in [0, 0.1) is 13.8 Å². The van der Waals surface area contributed by atoms with Crippen LogP contribution in [0.2, 0.25) is 0 Å². The standard InChI is InChI=1S/C29H36N4O4/c1-21-7-9-23(10-8-21)26(34)31-13-11-29(12-14-31)33(27(35)24-6-4-5-22(2)19-24)25(20-37-29)28(36)32-17-15-30(3)16-18-32/h4-10,19,25H,11-18,20H2,1-3H3. The number of likely N-dealkylation sites (N-methyl/N-ethyl adjacent to an activating group) is 1. The lowest BCUT2D eigenvalue weighted by Gasteiger charge is -2.45. The molecule has 0 radical (unpaired) electrons. The van der Waals surface area contributed by atoms with E-state index in [1.54, 1.807) is 11.0 Å². The molecule has 2 aromatic carbocycles. The van der Waals surface area contributed by atoms with Gasteiger partial charge in [-0.05, 0) is 45.2 Å². The number of piperidine rings is 1. The van der Waals surface area contributed by atoms with Crippen molar-refractivity contribution in [3.8, 4) is 0 Å². The average Bonchev–Trinajstić information content (AvgIpc) is 3.27. The number of nitrogens with zero attached hydrogens (tertiary/aromatic N) is 4. The minimum absolute atomic E-state index is 0.0190. The Kier molecular flexibility index (Phi) is 7.05. The molecule has 0 aliphatic carbocycles. The van der Waals surface area contributed by atoms with Gasteiger partial charge in [-0.1, -0.05) is 35.4 Å². The molecule has 0 saturated carbocycles. The van der Waals surface area contributed by atoms with Crippen LogP contribution in [0.1, 0.15) is 44.7 Å². The number of ether oxygens (including phenoxy) is 1. The second-order valence-electron chi connectivity index (χ2n) is 10.6. The second kappa shape index (κ2) is 10.3. The normalized spacial score (nSPS) is 21.9. The van der Waals surface area contributed by atoms with Gasteiger partial charge in [-0.2, -0.15) is 0 Å². The van der Waals surface area contributed by atoms with Crippen molar-refractivity contribution in [2.24, 2.45) is 0 Å². The first kappa shape index (κ1) is 25.4. The van der Waals surface area contributed by atoms with E-state index in [4.69, 9.17) is 4.74 Å². The molecule has 2 aromatic rings. The van der Waals surface area contributed by atoms with Crippen molar-refractivity contribution >= 4 is 17.7 Å². The SMILES string of the molecule is Cc1ccc(C(=O)N2CCC3(CC2)OCC(C(=O)N2CCN(C)CC2)N3C(=O)c2cccc(C)c2)cc1. The summed E-state index contributed by atoms with van der Waals surface area (Å²) >= 11 is 0. The number of aryl methyl sites for hydroxylation is 2. The number of rotatable bonds is 3. The van der Waals surface area contributed by atoms with Gasteiger partial charge in [0.25, 0.3) is 11.8 Å². The van der Waals surface area contributed by atoms with Crippen molar-refractivity contribution in [1.82, 2.24) is 19.6 Å². The van der Waals surface area contributed by atoms with E-state index in [1.807, 2.05) is 66.1 Å². The number of piperazine rings is 1. The van der Waals surface area contributed by atoms with Gasteiger partial charge in [-0.3, -0.25) is 19.3 Å². The van der Waals surface area contributed by atoms with E-state index in [1.165, 1.54) is 0 Å². The van der Waals surface area contributed by atoms with Crippen molar-refractivity contribution in [2.45, 2.75) is 38.5 Å². The van der Waals surface area contributed by atoms with Gasteiger partial charge in [0.2, 0.25) is 5.91 Å².